The number of fused-ring (bicyclic) bond motifs is 2. The Bertz CT molecular complexity index is 1110. The van der Waals surface area contributed by atoms with E-state index in [9.17, 15) is 4.79 Å². The lowest BCUT2D eigenvalue weighted by Gasteiger charge is -2.27. The van der Waals surface area contributed by atoms with Crippen LogP contribution in [0.2, 0.25) is 6.82 Å². The molecule has 0 unspecified atom stereocenters. The van der Waals surface area contributed by atoms with E-state index < -0.39 is 5.60 Å². The molecule has 2 saturated carbocycles. The van der Waals surface area contributed by atoms with Gasteiger partial charge in [0.2, 0.25) is 11.8 Å². The van der Waals surface area contributed by atoms with Gasteiger partial charge >= 0.3 is 0 Å². The fraction of sp³-hybridized carbons (Fsp3) is 0.577. The van der Waals surface area contributed by atoms with E-state index >= 15 is 0 Å². The first-order chi connectivity index (χ1) is 17.3. The minimum absolute atomic E-state index is 0. The van der Waals surface area contributed by atoms with Gasteiger partial charge in [-0.25, -0.2) is 9.97 Å². The molecule has 2 spiro atoms. The molecule has 2 aliphatic carbocycles. The number of rotatable bonds is 0. The van der Waals surface area contributed by atoms with Crippen LogP contribution in [0.25, 0.3) is 0 Å². The van der Waals surface area contributed by atoms with Crippen LogP contribution >= 0.6 is 31.9 Å². The van der Waals surface area contributed by atoms with Crippen LogP contribution in [0.15, 0.2) is 21.3 Å². The molecule has 2 radical (unpaired) electrons. The van der Waals surface area contributed by atoms with E-state index in [1.807, 2.05) is 6.92 Å². The normalized spacial score (nSPS) is 19.6. The zero-order chi connectivity index (χ0) is 25.9. The molecular weight excluding hydrogens is 603 g/mol. The number of halogens is 2. The molecule has 3 aliphatic heterocycles. The summed E-state index contributed by atoms with van der Waals surface area (Å²) in [6.07, 6.45) is 9.93. The minimum atomic E-state index is -0.611. The summed E-state index contributed by atoms with van der Waals surface area (Å²) in [6.45, 7) is 8.39. The molecule has 1 saturated heterocycles. The largest absolute Gasteiger partial charge is 0.468 e. The van der Waals surface area contributed by atoms with Gasteiger partial charge in [-0.3, -0.25) is 4.79 Å². The molecule has 0 aromatic carbocycles. The van der Waals surface area contributed by atoms with Crippen LogP contribution in [0.4, 0.5) is 11.4 Å². The smallest absolute Gasteiger partial charge is 0.268 e. The molecule has 0 bridgehead atoms. The second kappa shape index (κ2) is 12.3. The Morgan fingerprint density at radius 3 is 1.92 bits per heavy atom. The Morgan fingerprint density at radius 2 is 1.43 bits per heavy atom. The van der Waals surface area contributed by atoms with E-state index in [0.717, 1.165) is 71.5 Å². The van der Waals surface area contributed by atoms with Crippen LogP contribution < -0.4 is 20.1 Å². The zero-order valence-corrected chi connectivity index (χ0v) is 24.1. The molecule has 0 atom stereocenters. The molecule has 200 valence electrons. The maximum Gasteiger partial charge on any atom is 0.268 e. The van der Waals surface area contributed by atoms with Gasteiger partial charge in [0.05, 0.1) is 14.4 Å². The first-order valence-corrected chi connectivity index (χ1v) is 13.8. The first kappa shape index (κ1) is 29.7. The van der Waals surface area contributed by atoms with E-state index in [1.54, 1.807) is 12.4 Å². The average Bonchev–Trinajstić information content (AvgIpc) is 3.76. The van der Waals surface area contributed by atoms with Crippen molar-refractivity contribution in [1.82, 2.24) is 9.97 Å². The molecule has 2 aromatic heterocycles. The van der Waals surface area contributed by atoms with E-state index in [4.69, 9.17) is 14.2 Å². The van der Waals surface area contributed by atoms with Crippen LogP contribution in [0.5, 0.6) is 11.8 Å². The summed E-state index contributed by atoms with van der Waals surface area (Å²) >= 11 is 6.83. The molecule has 2 N–H and O–H groups in total. The van der Waals surface area contributed by atoms with Gasteiger partial charge in [0, 0.05) is 47.4 Å². The summed E-state index contributed by atoms with van der Waals surface area (Å²) in [5.41, 5.74) is 3.30. The van der Waals surface area contributed by atoms with Crippen LogP contribution in [0.1, 0.15) is 57.1 Å². The number of hydrogen-bond acceptors (Lipinski definition) is 7. The number of anilines is 2. The Morgan fingerprint density at radius 1 is 0.892 bits per heavy atom. The molecule has 5 heterocycles. The molecule has 5 aliphatic rings. The number of ether oxygens (including phenoxy) is 3. The first-order valence-electron chi connectivity index (χ1n) is 12.2. The molecule has 7 rings (SSSR count). The predicted molar refractivity (Wildman–Crippen MR) is 154 cm³/mol. The third-order valence-corrected chi connectivity index (χ3v) is 8.27. The van der Waals surface area contributed by atoms with Crippen molar-refractivity contribution in [2.45, 2.75) is 77.8 Å². The fourth-order valence-electron chi connectivity index (χ4n) is 3.94. The second-order valence-corrected chi connectivity index (χ2v) is 11.0. The van der Waals surface area contributed by atoms with Gasteiger partial charge in [-0.1, -0.05) is 14.2 Å². The summed E-state index contributed by atoms with van der Waals surface area (Å²) in [4.78, 5) is 20.2. The third kappa shape index (κ3) is 6.60. The molecule has 37 heavy (non-hydrogen) atoms. The Hall–Kier alpha value is -1.85. The monoisotopic (exact) mass is 636 g/mol. The number of carbonyl (C=O) groups excluding carboxylic acids is 1. The van der Waals surface area contributed by atoms with Crippen molar-refractivity contribution in [2.24, 2.45) is 0 Å². The van der Waals surface area contributed by atoms with Gasteiger partial charge in [0.15, 0.2) is 5.60 Å². The topological polar surface area (TPSA) is 94.6 Å². The van der Waals surface area contributed by atoms with E-state index in [2.05, 4.69) is 67.2 Å². The zero-order valence-electron chi connectivity index (χ0n) is 20.9. The van der Waals surface area contributed by atoms with E-state index in [0.29, 0.717) is 11.6 Å². The van der Waals surface area contributed by atoms with Crippen molar-refractivity contribution in [3.05, 3.63) is 32.5 Å². The van der Waals surface area contributed by atoms with Crippen molar-refractivity contribution in [3.8, 4) is 11.8 Å². The van der Waals surface area contributed by atoms with Gasteiger partial charge in [-0.2, -0.15) is 0 Å². The highest BCUT2D eigenvalue weighted by Crippen LogP contribution is 2.48. The Kier molecular flexibility index (Phi) is 9.91. The molecule has 11 heteroatoms. The van der Waals surface area contributed by atoms with Crippen molar-refractivity contribution >= 4 is 57.0 Å². The summed E-state index contributed by atoms with van der Waals surface area (Å²) in [7, 11) is 4.50. The molecular formula is C26H35BBr2N4O4. The van der Waals surface area contributed by atoms with Crippen LogP contribution in [0, 0.1) is 13.8 Å². The van der Waals surface area contributed by atoms with Crippen LogP contribution in [-0.4, -0.2) is 54.7 Å². The van der Waals surface area contributed by atoms with Crippen molar-refractivity contribution in [2.75, 3.05) is 30.4 Å². The second-order valence-electron chi connectivity index (χ2n) is 9.33. The van der Waals surface area contributed by atoms with Crippen molar-refractivity contribution < 1.29 is 19.0 Å². The molecule has 3 fully saturated rings. The SMILES string of the molecule is C.C1CCOC1.Cc1c(Br)cnc2c1NC(=O)C1(CC1)O2.Cc1c(Br)cnc2c1NCC1(CC1)O2.[B]C. The summed E-state index contributed by atoms with van der Waals surface area (Å²) in [5.74, 6) is 1.25. The lowest BCUT2D eigenvalue weighted by molar-refractivity contribution is -0.125. The summed E-state index contributed by atoms with van der Waals surface area (Å²) in [5, 5.41) is 6.27. The maximum absolute atomic E-state index is 11.7. The number of nitrogens with zero attached hydrogens (tertiary/aromatic N) is 2. The Balaban J connectivity index is 0.000000161. The Labute approximate surface area is 237 Å². The predicted octanol–water partition coefficient (Wildman–Crippen LogP) is 6.14. The highest BCUT2D eigenvalue weighted by molar-refractivity contribution is 9.10. The minimum Gasteiger partial charge on any atom is -0.468 e. The molecule has 8 nitrogen and oxygen atoms in total. The van der Waals surface area contributed by atoms with E-state index in [-0.39, 0.29) is 18.9 Å². The van der Waals surface area contributed by atoms with Crippen LogP contribution in [-0.2, 0) is 9.53 Å². The van der Waals surface area contributed by atoms with Crippen molar-refractivity contribution in [3.63, 3.8) is 0 Å². The highest BCUT2D eigenvalue weighted by Gasteiger charge is 2.56. The van der Waals surface area contributed by atoms with Gasteiger partial charge in [-0.15, -0.1) is 0 Å². The highest BCUT2D eigenvalue weighted by atomic mass is 79.9. The fourth-order valence-corrected chi connectivity index (χ4v) is 4.55. The lowest BCUT2D eigenvalue weighted by atomic mass is 10.2. The van der Waals surface area contributed by atoms with Crippen LogP contribution in [0.3, 0.4) is 0 Å². The number of hydrogen-bond donors (Lipinski definition) is 2. The van der Waals surface area contributed by atoms with Gasteiger partial charge in [-0.05, 0) is 82.5 Å². The third-order valence-electron chi connectivity index (χ3n) is 6.67. The lowest BCUT2D eigenvalue weighted by Crippen LogP contribution is -2.39. The number of nitrogens with one attached hydrogen (secondary N) is 2. The molecule has 1 amide bonds. The van der Waals surface area contributed by atoms with E-state index in [1.165, 1.54) is 25.2 Å². The van der Waals surface area contributed by atoms with Gasteiger partial charge in [0.1, 0.15) is 17.0 Å². The number of amides is 1. The van der Waals surface area contributed by atoms with Crippen molar-refractivity contribution in [1.29, 1.82) is 0 Å². The molecule has 2 aromatic rings. The number of carbonyl (C=O) groups is 1. The summed E-state index contributed by atoms with van der Waals surface area (Å²) in [6, 6.07) is 0. The van der Waals surface area contributed by atoms with Gasteiger partial charge < -0.3 is 24.8 Å². The quantitative estimate of drug-likeness (QED) is 0.335. The maximum atomic E-state index is 11.7. The number of aromatic nitrogens is 2. The average molecular weight is 638 g/mol. The van der Waals surface area contributed by atoms with Gasteiger partial charge in [0.25, 0.3) is 5.91 Å². The standard InChI is InChI=1S/C10H9BrN2O2.C10H11BrN2O.C4H8O.CH3B.CH4/c1-5-6(11)4-12-8-7(5)13-9(14)10(15-8)2-3-10;1-6-7(11)4-12-9-8(6)13-5-10(14-9)2-3-10;1-2-4-5-3-1;1-2;/h4H,2-3H2,1H3,(H,13,14);4,13H,2-3,5H2,1H3;1-4H2;1H3;1H4. The number of pyridine rings is 2. The summed E-state index contributed by atoms with van der Waals surface area (Å²) < 4.78 is 18.3.